The van der Waals surface area contributed by atoms with Crippen molar-refractivity contribution >= 4 is 22.8 Å². The van der Waals surface area contributed by atoms with Crippen molar-refractivity contribution in [2.24, 2.45) is 4.99 Å². The van der Waals surface area contributed by atoms with Gasteiger partial charge in [0.15, 0.2) is 5.60 Å². The van der Waals surface area contributed by atoms with E-state index in [0.29, 0.717) is 23.4 Å². The highest BCUT2D eigenvalue weighted by atomic mass is 19.4. The van der Waals surface area contributed by atoms with E-state index in [9.17, 15) is 22.7 Å². The minimum absolute atomic E-state index is 0.0169. The van der Waals surface area contributed by atoms with E-state index >= 15 is 0 Å². The maximum Gasteiger partial charge on any atom is 0.422 e. The van der Waals surface area contributed by atoms with E-state index in [1.165, 1.54) is 19.4 Å². The lowest BCUT2D eigenvalue weighted by atomic mass is 9.75. The van der Waals surface area contributed by atoms with Gasteiger partial charge in [0, 0.05) is 17.8 Å². The minimum atomic E-state index is -5.00. The van der Waals surface area contributed by atoms with Gasteiger partial charge in [0.05, 0.1) is 12.8 Å². The second-order valence-corrected chi connectivity index (χ2v) is 8.22. The first-order valence-electron chi connectivity index (χ1n) is 9.77. The summed E-state index contributed by atoms with van der Waals surface area (Å²) in [6, 6.07) is 8.93. The summed E-state index contributed by atoms with van der Waals surface area (Å²) in [5.74, 6) is 0.159. The Morgan fingerprint density at radius 1 is 1.16 bits per heavy atom. The molecule has 0 saturated carbocycles. The molecule has 9 heteroatoms. The number of hydrogen-bond acceptors (Lipinski definition) is 5. The monoisotopic (exact) mass is 449 g/mol. The molecule has 1 heterocycles. The number of ether oxygens (including phenoxy) is 1. The lowest BCUT2D eigenvalue weighted by Crippen LogP contribution is -2.50. The van der Waals surface area contributed by atoms with Gasteiger partial charge in [-0.3, -0.25) is 4.99 Å². The second-order valence-electron chi connectivity index (χ2n) is 8.22. The Kier molecular flexibility index (Phi) is 6.24. The molecule has 0 aliphatic heterocycles. The maximum atomic E-state index is 14.1. The summed E-state index contributed by atoms with van der Waals surface area (Å²) in [6.07, 6.45) is -3.95. The summed E-state index contributed by atoms with van der Waals surface area (Å²) in [5.41, 5.74) is -3.81. The number of aryl methyl sites for hydroxylation is 1. The van der Waals surface area contributed by atoms with Crippen molar-refractivity contribution in [1.29, 1.82) is 0 Å². The quantitative estimate of drug-likeness (QED) is 0.401. The molecule has 3 rings (SSSR count). The van der Waals surface area contributed by atoms with Crippen molar-refractivity contribution in [3.8, 4) is 5.75 Å². The Balaban J connectivity index is 2.02. The maximum absolute atomic E-state index is 14.1. The Bertz CT molecular complexity index is 1160. The van der Waals surface area contributed by atoms with Crippen LogP contribution in [0.25, 0.3) is 10.9 Å². The molecule has 170 valence electrons. The SMILES string of the molecule is COc1cccc(C(C)(C)CC(O)(/C=N/c2ccc(F)c3nc(C)ncc23)C(F)(F)F)c1. The zero-order chi connectivity index (χ0) is 23.7. The minimum Gasteiger partial charge on any atom is -0.497 e. The van der Waals surface area contributed by atoms with E-state index in [2.05, 4.69) is 15.0 Å². The third-order valence-corrected chi connectivity index (χ3v) is 5.27. The predicted molar refractivity (Wildman–Crippen MR) is 114 cm³/mol. The van der Waals surface area contributed by atoms with E-state index < -0.39 is 29.4 Å². The molecule has 0 bridgehead atoms. The molecule has 1 aromatic heterocycles. The number of aromatic nitrogens is 2. The van der Waals surface area contributed by atoms with Crippen LogP contribution >= 0.6 is 0 Å². The van der Waals surface area contributed by atoms with E-state index in [4.69, 9.17) is 4.74 Å². The molecule has 1 N–H and O–H groups in total. The summed E-state index contributed by atoms with van der Waals surface area (Å²) >= 11 is 0. The largest absolute Gasteiger partial charge is 0.497 e. The number of nitrogens with zero attached hydrogens (tertiary/aromatic N) is 3. The van der Waals surface area contributed by atoms with E-state index in [1.54, 1.807) is 45.0 Å². The van der Waals surface area contributed by atoms with Gasteiger partial charge in [-0.25, -0.2) is 14.4 Å². The van der Waals surface area contributed by atoms with Crippen molar-refractivity contribution in [2.75, 3.05) is 7.11 Å². The highest BCUT2D eigenvalue weighted by molar-refractivity contribution is 5.91. The summed E-state index contributed by atoms with van der Waals surface area (Å²) in [5, 5.41) is 10.8. The van der Waals surface area contributed by atoms with Gasteiger partial charge in [-0.15, -0.1) is 0 Å². The number of hydrogen-bond donors (Lipinski definition) is 1. The lowest BCUT2D eigenvalue weighted by molar-refractivity contribution is -0.234. The van der Waals surface area contributed by atoms with Gasteiger partial charge >= 0.3 is 6.18 Å². The van der Waals surface area contributed by atoms with Crippen LogP contribution in [0.5, 0.6) is 5.75 Å². The van der Waals surface area contributed by atoms with Crippen LogP contribution in [0.1, 0.15) is 31.7 Å². The fourth-order valence-electron chi connectivity index (χ4n) is 3.49. The van der Waals surface area contributed by atoms with Crippen LogP contribution < -0.4 is 4.74 Å². The summed E-state index contributed by atoms with van der Waals surface area (Å²) < 4.78 is 61.2. The van der Waals surface area contributed by atoms with Crippen molar-refractivity contribution in [3.63, 3.8) is 0 Å². The van der Waals surface area contributed by atoms with Gasteiger partial charge in [0.1, 0.15) is 22.9 Å². The van der Waals surface area contributed by atoms with Crippen LogP contribution in [0, 0.1) is 12.7 Å². The fourth-order valence-corrected chi connectivity index (χ4v) is 3.49. The number of halogens is 4. The first kappa shape index (κ1) is 23.6. The van der Waals surface area contributed by atoms with Crippen LogP contribution in [-0.4, -0.2) is 40.2 Å². The molecule has 0 saturated heterocycles. The van der Waals surface area contributed by atoms with Crippen LogP contribution in [0.15, 0.2) is 47.6 Å². The molecule has 1 atom stereocenters. The van der Waals surface area contributed by atoms with Gasteiger partial charge < -0.3 is 9.84 Å². The molecule has 0 aliphatic rings. The summed E-state index contributed by atoms with van der Waals surface area (Å²) in [6.45, 7) is 4.75. The number of alkyl halides is 3. The lowest BCUT2D eigenvalue weighted by Gasteiger charge is -2.35. The van der Waals surface area contributed by atoms with Gasteiger partial charge in [0.2, 0.25) is 0 Å². The molecule has 0 fully saturated rings. The molecular formula is C23H23F4N3O2. The molecule has 0 spiro atoms. The average molecular weight is 449 g/mol. The van der Waals surface area contributed by atoms with Crippen molar-refractivity contribution in [1.82, 2.24) is 9.97 Å². The molecule has 5 nitrogen and oxygen atoms in total. The number of benzene rings is 2. The van der Waals surface area contributed by atoms with Crippen LogP contribution in [0.4, 0.5) is 23.2 Å². The highest BCUT2D eigenvalue weighted by Gasteiger charge is 2.55. The normalized spacial score (nSPS) is 14.7. The number of methoxy groups -OCH3 is 1. The molecule has 3 aromatic rings. The topological polar surface area (TPSA) is 67.6 Å². The smallest absolute Gasteiger partial charge is 0.422 e. The van der Waals surface area contributed by atoms with Crippen molar-refractivity contribution in [2.45, 2.75) is 44.4 Å². The number of fused-ring (bicyclic) bond motifs is 1. The van der Waals surface area contributed by atoms with E-state index in [0.717, 1.165) is 6.07 Å². The molecule has 0 radical (unpaired) electrons. The first-order valence-corrected chi connectivity index (χ1v) is 9.77. The third kappa shape index (κ3) is 4.72. The van der Waals surface area contributed by atoms with Crippen molar-refractivity contribution < 1.29 is 27.4 Å². The van der Waals surface area contributed by atoms with Crippen molar-refractivity contribution in [3.05, 3.63) is 59.8 Å². The molecule has 2 aromatic carbocycles. The molecular weight excluding hydrogens is 426 g/mol. The Labute approximate surface area is 182 Å². The number of rotatable bonds is 6. The van der Waals surface area contributed by atoms with E-state index in [-0.39, 0.29) is 16.6 Å². The molecule has 0 aliphatic carbocycles. The Morgan fingerprint density at radius 3 is 2.53 bits per heavy atom. The molecule has 1 unspecified atom stereocenters. The van der Waals surface area contributed by atoms with Gasteiger partial charge in [-0.1, -0.05) is 26.0 Å². The molecule has 0 amide bonds. The van der Waals surface area contributed by atoms with Gasteiger partial charge in [-0.05, 0) is 48.6 Å². The summed E-state index contributed by atoms with van der Waals surface area (Å²) in [7, 11) is 1.46. The van der Waals surface area contributed by atoms with Crippen LogP contribution in [-0.2, 0) is 5.41 Å². The van der Waals surface area contributed by atoms with Crippen LogP contribution in [0.3, 0.4) is 0 Å². The standard InChI is InChI=1S/C23H23F4N3O2/c1-14-28-11-17-19(9-8-18(24)20(17)30-14)29-13-22(31,23(25,26)27)12-21(2,3)15-6-5-7-16(10-15)32-4/h5-11,13,31H,12H2,1-4H3/b29-13+. The van der Waals surface area contributed by atoms with Crippen LogP contribution in [0.2, 0.25) is 0 Å². The number of aliphatic hydroxyl groups is 1. The van der Waals surface area contributed by atoms with E-state index in [1.807, 2.05) is 0 Å². The second kappa shape index (κ2) is 8.46. The highest BCUT2D eigenvalue weighted by Crippen LogP contribution is 2.41. The fraction of sp³-hybridized carbons (Fsp3) is 0.348. The number of aliphatic imine (C=N–C) groups is 1. The van der Waals surface area contributed by atoms with Gasteiger partial charge in [0.25, 0.3) is 0 Å². The average Bonchev–Trinajstić information content (AvgIpc) is 2.72. The third-order valence-electron chi connectivity index (χ3n) is 5.27. The summed E-state index contributed by atoms with van der Waals surface area (Å²) in [4.78, 5) is 11.8. The predicted octanol–water partition coefficient (Wildman–Crippen LogP) is 5.45. The Hall–Kier alpha value is -3.07. The van der Waals surface area contributed by atoms with Gasteiger partial charge in [-0.2, -0.15) is 13.2 Å². The Morgan fingerprint density at radius 2 is 1.88 bits per heavy atom. The zero-order valence-corrected chi connectivity index (χ0v) is 18.0. The first-order chi connectivity index (χ1) is 14.9. The molecule has 32 heavy (non-hydrogen) atoms. The zero-order valence-electron chi connectivity index (χ0n) is 18.0.